The van der Waals surface area contributed by atoms with Gasteiger partial charge in [0.15, 0.2) is 6.61 Å². The van der Waals surface area contributed by atoms with E-state index in [1.165, 1.54) is 31.4 Å². The Labute approximate surface area is 195 Å². The maximum Gasteiger partial charge on any atom is 0.261 e. The molecule has 2 N–H and O–H groups in total. The highest BCUT2D eigenvalue weighted by Gasteiger charge is 2.15. The van der Waals surface area contributed by atoms with E-state index in [2.05, 4.69) is 26.0 Å². The molecule has 0 bridgehead atoms. The summed E-state index contributed by atoms with van der Waals surface area (Å²) in [6.45, 7) is 1.70. The lowest BCUT2D eigenvalue weighted by atomic mass is 10.1. The van der Waals surface area contributed by atoms with E-state index in [1.807, 2.05) is 31.2 Å². The van der Waals surface area contributed by atoms with Gasteiger partial charge < -0.3 is 14.8 Å². The van der Waals surface area contributed by atoms with Crippen LogP contribution in [0, 0.1) is 0 Å². The van der Waals surface area contributed by atoms with E-state index >= 15 is 0 Å². The largest absolute Gasteiger partial charge is 0.497 e. The predicted octanol–water partition coefficient (Wildman–Crippen LogP) is 4.51. The summed E-state index contributed by atoms with van der Waals surface area (Å²) in [4.78, 5) is 12.3. The average Bonchev–Trinajstić information content (AvgIpc) is 2.78. The second kappa shape index (κ2) is 10.5. The van der Waals surface area contributed by atoms with Crippen molar-refractivity contribution in [1.82, 2.24) is 5.32 Å². The zero-order valence-electron chi connectivity index (χ0n) is 17.5. The first kappa shape index (κ1) is 23.6. The Morgan fingerprint density at radius 1 is 1.00 bits per heavy atom. The number of nitrogens with one attached hydrogen (secondary N) is 2. The number of benzene rings is 3. The Morgan fingerprint density at radius 2 is 1.69 bits per heavy atom. The number of halogens is 1. The highest BCUT2D eigenvalue weighted by Crippen LogP contribution is 2.22. The average molecular weight is 519 g/mol. The van der Waals surface area contributed by atoms with E-state index in [0.717, 1.165) is 10.0 Å². The minimum absolute atomic E-state index is 0.0704. The van der Waals surface area contributed by atoms with Crippen LogP contribution in [0.15, 0.2) is 82.2 Å². The van der Waals surface area contributed by atoms with Crippen molar-refractivity contribution in [2.75, 3.05) is 18.4 Å². The molecule has 7 nitrogen and oxygen atoms in total. The Kier molecular flexibility index (Phi) is 7.76. The van der Waals surface area contributed by atoms with Gasteiger partial charge in [-0.2, -0.15) is 0 Å². The lowest BCUT2D eigenvalue weighted by Crippen LogP contribution is -2.31. The van der Waals surface area contributed by atoms with Gasteiger partial charge in [0.05, 0.1) is 23.7 Å². The molecule has 3 aromatic carbocycles. The number of ether oxygens (including phenoxy) is 2. The van der Waals surface area contributed by atoms with E-state index in [0.29, 0.717) is 17.2 Å². The first-order valence-electron chi connectivity index (χ1n) is 9.71. The van der Waals surface area contributed by atoms with Crippen molar-refractivity contribution in [2.45, 2.75) is 17.9 Å². The Balaban J connectivity index is 1.55. The van der Waals surface area contributed by atoms with E-state index in [-0.39, 0.29) is 23.5 Å². The summed E-state index contributed by atoms with van der Waals surface area (Å²) in [5.41, 5.74) is 1.36. The van der Waals surface area contributed by atoms with Gasteiger partial charge in [0.1, 0.15) is 11.5 Å². The highest BCUT2D eigenvalue weighted by molar-refractivity contribution is 9.10. The molecule has 1 unspecified atom stereocenters. The zero-order chi connectivity index (χ0) is 23.1. The van der Waals surface area contributed by atoms with Crippen molar-refractivity contribution in [3.63, 3.8) is 0 Å². The molecular formula is C23H23BrN2O5S. The quantitative estimate of drug-likeness (QED) is 0.434. The van der Waals surface area contributed by atoms with Gasteiger partial charge in [0, 0.05) is 10.5 Å². The van der Waals surface area contributed by atoms with Crippen molar-refractivity contribution >= 4 is 37.5 Å². The summed E-state index contributed by atoms with van der Waals surface area (Å²) in [7, 11) is -2.27. The molecule has 0 saturated heterocycles. The van der Waals surface area contributed by atoms with Gasteiger partial charge in [0.25, 0.3) is 15.9 Å². The molecule has 0 aromatic heterocycles. The minimum atomic E-state index is -3.78. The van der Waals surface area contributed by atoms with E-state index in [9.17, 15) is 13.2 Å². The molecule has 3 rings (SSSR count). The van der Waals surface area contributed by atoms with Gasteiger partial charge >= 0.3 is 0 Å². The Morgan fingerprint density at radius 3 is 2.34 bits per heavy atom. The van der Waals surface area contributed by atoms with Crippen molar-refractivity contribution in [3.05, 3.63) is 82.8 Å². The monoisotopic (exact) mass is 518 g/mol. The van der Waals surface area contributed by atoms with Gasteiger partial charge in [-0.05, 0) is 61.0 Å². The number of carbonyl (C=O) groups is 1. The van der Waals surface area contributed by atoms with Gasteiger partial charge in [-0.3, -0.25) is 9.52 Å². The van der Waals surface area contributed by atoms with Crippen LogP contribution in [0.5, 0.6) is 11.5 Å². The van der Waals surface area contributed by atoms with Crippen LogP contribution in [0.1, 0.15) is 18.5 Å². The highest BCUT2D eigenvalue weighted by atomic mass is 79.9. The first-order chi connectivity index (χ1) is 15.3. The number of hydrogen-bond acceptors (Lipinski definition) is 5. The number of anilines is 1. The standard InChI is InChI=1S/C23H23BrN2O5S/c1-16(17-6-8-18(24)9-7-17)25-23(27)15-31-20-10-12-22(13-11-20)32(28,29)26-19-4-3-5-21(14-19)30-2/h3-14,16,26H,15H2,1-2H3,(H,25,27). The van der Waals surface area contributed by atoms with Gasteiger partial charge in [0.2, 0.25) is 0 Å². The fraction of sp³-hybridized carbons (Fsp3) is 0.174. The molecule has 0 radical (unpaired) electrons. The molecular weight excluding hydrogens is 496 g/mol. The maximum absolute atomic E-state index is 12.6. The Bertz CT molecular complexity index is 1170. The molecule has 0 saturated carbocycles. The summed E-state index contributed by atoms with van der Waals surface area (Å²) in [6, 6.07) is 20.0. The van der Waals surface area contributed by atoms with Crippen molar-refractivity contribution in [1.29, 1.82) is 0 Å². The third kappa shape index (κ3) is 6.48. The molecule has 0 aliphatic rings. The van der Waals surface area contributed by atoms with Crippen LogP contribution in [-0.2, 0) is 14.8 Å². The van der Waals surface area contributed by atoms with Crippen molar-refractivity contribution < 1.29 is 22.7 Å². The van der Waals surface area contributed by atoms with Crippen LogP contribution in [-0.4, -0.2) is 28.0 Å². The van der Waals surface area contributed by atoms with Gasteiger partial charge in [-0.1, -0.05) is 34.1 Å². The number of rotatable bonds is 9. The Hall–Kier alpha value is -3.04. The van der Waals surface area contributed by atoms with Crippen LogP contribution in [0.2, 0.25) is 0 Å². The first-order valence-corrected chi connectivity index (χ1v) is 12.0. The van der Waals surface area contributed by atoms with Crippen LogP contribution in [0.4, 0.5) is 5.69 Å². The van der Waals surface area contributed by atoms with Crippen LogP contribution < -0.4 is 19.5 Å². The molecule has 0 aliphatic heterocycles. The summed E-state index contributed by atoms with van der Waals surface area (Å²) < 4.78 is 39.3. The maximum atomic E-state index is 12.6. The lowest BCUT2D eigenvalue weighted by molar-refractivity contribution is -0.123. The van der Waals surface area contributed by atoms with Crippen LogP contribution in [0.25, 0.3) is 0 Å². The fourth-order valence-corrected chi connectivity index (χ4v) is 4.20. The van der Waals surface area contributed by atoms with Crippen LogP contribution in [0.3, 0.4) is 0 Å². The molecule has 168 valence electrons. The van der Waals surface area contributed by atoms with Crippen molar-refractivity contribution in [2.24, 2.45) is 0 Å². The summed E-state index contributed by atoms with van der Waals surface area (Å²) in [6.07, 6.45) is 0. The summed E-state index contributed by atoms with van der Waals surface area (Å²) >= 11 is 3.38. The number of sulfonamides is 1. The fourth-order valence-electron chi connectivity index (χ4n) is 2.88. The van der Waals surface area contributed by atoms with E-state index in [1.54, 1.807) is 24.3 Å². The molecule has 0 heterocycles. The van der Waals surface area contributed by atoms with Gasteiger partial charge in [-0.25, -0.2) is 8.42 Å². The second-order valence-electron chi connectivity index (χ2n) is 6.94. The molecule has 0 spiro atoms. The normalized spacial score (nSPS) is 12.0. The molecule has 3 aromatic rings. The minimum Gasteiger partial charge on any atom is -0.497 e. The van der Waals surface area contributed by atoms with Crippen LogP contribution >= 0.6 is 15.9 Å². The topological polar surface area (TPSA) is 93.7 Å². The summed E-state index contributed by atoms with van der Waals surface area (Å²) in [5.74, 6) is 0.648. The molecule has 0 aliphatic carbocycles. The predicted molar refractivity (Wildman–Crippen MR) is 126 cm³/mol. The number of amides is 1. The van der Waals surface area contributed by atoms with E-state index < -0.39 is 10.0 Å². The number of hydrogen-bond donors (Lipinski definition) is 2. The summed E-state index contributed by atoms with van der Waals surface area (Å²) in [5, 5.41) is 2.86. The molecule has 9 heteroatoms. The third-order valence-corrected chi connectivity index (χ3v) is 6.50. The molecule has 1 amide bonds. The van der Waals surface area contributed by atoms with Gasteiger partial charge in [-0.15, -0.1) is 0 Å². The molecule has 32 heavy (non-hydrogen) atoms. The second-order valence-corrected chi connectivity index (χ2v) is 9.54. The van der Waals surface area contributed by atoms with E-state index in [4.69, 9.17) is 9.47 Å². The SMILES string of the molecule is COc1cccc(NS(=O)(=O)c2ccc(OCC(=O)NC(C)c3ccc(Br)cc3)cc2)c1. The lowest BCUT2D eigenvalue weighted by Gasteiger charge is -2.15. The van der Waals surface area contributed by atoms with Crippen molar-refractivity contribution in [3.8, 4) is 11.5 Å². The number of carbonyl (C=O) groups excluding carboxylic acids is 1. The smallest absolute Gasteiger partial charge is 0.261 e. The molecule has 0 fully saturated rings. The number of methoxy groups -OCH3 is 1. The molecule has 1 atom stereocenters. The third-order valence-electron chi connectivity index (χ3n) is 4.57. The zero-order valence-corrected chi connectivity index (χ0v) is 19.9.